The Morgan fingerprint density at radius 1 is 1.00 bits per heavy atom. The molecule has 8 atom stereocenters. The van der Waals surface area contributed by atoms with Gasteiger partial charge < -0.3 is 9.84 Å². The predicted octanol–water partition coefficient (Wildman–Crippen LogP) is 2.73. The number of allylic oxidation sites excluding steroid dienone is 2. The molecule has 120 valence electrons. The van der Waals surface area contributed by atoms with Gasteiger partial charge in [-0.15, -0.1) is 0 Å². The largest absolute Gasteiger partial charge is 0.481 e. The first kappa shape index (κ1) is 14.3. The van der Waals surface area contributed by atoms with E-state index in [0.29, 0.717) is 23.7 Å². The number of hydrogen-bond acceptors (Lipinski definition) is 3. The fourth-order valence-electron chi connectivity index (χ4n) is 6.07. The number of carboxylic acids is 1. The molecule has 3 saturated carbocycles. The molecule has 1 N–H and O–H groups in total. The van der Waals surface area contributed by atoms with Crippen molar-refractivity contribution in [2.45, 2.75) is 39.2 Å². The minimum Gasteiger partial charge on any atom is -0.481 e. The molecule has 4 nitrogen and oxygen atoms in total. The van der Waals surface area contributed by atoms with Gasteiger partial charge in [-0.1, -0.05) is 12.2 Å². The average molecular weight is 304 g/mol. The Bertz CT molecular complexity index is 558. The Balaban J connectivity index is 1.66. The van der Waals surface area contributed by atoms with E-state index in [2.05, 4.69) is 12.2 Å². The highest BCUT2D eigenvalue weighted by molar-refractivity contribution is 5.83. The van der Waals surface area contributed by atoms with Crippen LogP contribution in [0.4, 0.5) is 0 Å². The van der Waals surface area contributed by atoms with Gasteiger partial charge in [0.2, 0.25) is 0 Å². The summed E-state index contributed by atoms with van der Waals surface area (Å²) >= 11 is 0. The van der Waals surface area contributed by atoms with E-state index in [9.17, 15) is 14.7 Å². The standard InChI is InChI=1S/C18H24O4/c1-18(2,3)22-17(21)15-11-7-10(14(15)16(19)20)12-8-4-5-9(6-8)13(11)12/h4-5,8-15H,6-7H2,1-3H3,(H,19,20). The lowest BCUT2D eigenvalue weighted by Gasteiger charge is -2.39. The fourth-order valence-corrected chi connectivity index (χ4v) is 6.07. The van der Waals surface area contributed by atoms with Gasteiger partial charge in [0.15, 0.2) is 0 Å². The number of carbonyl (C=O) groups is 2. The van der Waals surface area contributed by atoms with Crippen LogP contribution in [0, 0.1) is 47.3 Å². The van der Waals surface area contributed by atoms with Gasteiger partial charge in [-0.25, -0.2) is 0 Å². The van der Waals surface area contributed by atoms with Gasteiger partial charge in [0.1, 0.15) is 5.60 Å². The smallest absolute Gasteiger partial charge is 0.310 e. The number of carboxylic acid groups (broad SMARTS) is 1. The van der Waals surface area contributed by atoms with E-state index in [1.807, 2.05) is 20.8 Å². The normalized spacial score (nSPS) is 47.8. The number of ether oxygens (including phenoxy) is 1. The summed E-state index contributed by atoms with van der Waals surface area (Å²) < 4.78 is 5.56. The zero-order valence-corrected chi connectivity index (χ0v) is 13.4. The van der Waals surface area contributed by atoms with E-state index in [4.69, 9.17) is 4.74 Å². The van der Waals surface area contributed by atoms with E-state index in [1.54, 1.807) is 0 Å². The van der Waals surface area contributed by atoms with Gasteiger partial charge in [-0.2, -0.15) is 0 Å². The second-order valence-electron chi connectivity index (χ2n) is 8.59. The van der Waals surface area contributed by atoms with Crippen molar-refractivity contribution < 1.29 is 19.4 Å². The average Bonchev–Trinajstić information content (AvgIpc) is 3.12. The zero-order valence-electron chi connectivity index (χ0n) is 13.4. The minimum absolute atomic E-state index is 0.157. The molecule has 0 aromatic carbocycles. The second-order valence-corrected chi connectivity index (χ2v) is 8.59. The zero-order chi connectivity index (χ0) is 15.8. The molecule has 3 fully saturated rings. The summed E-state index contributed by atoms with van der Waals surface area (Å²) in [6.07, 6.45) is 6.64. The number of aliphatic carboxylic acids is 1. The highest BCUT2D eigenvalue weighted by Crippen LogP contribution is 2.68. The van der Waals surface area contributed by atoms with Crippen LogP contribution in [0.15, 0.2) is 12.2 Å². The Morgan fingerprint density at radius 3 is 2.05 bits per heavy atom. The molecule has 4 rings (SSSR count). The number of esters is 1. The maximum absolute atomic E-state index is 12.7. The molecule has 4 aliphatic carbocycles. The van der Waals surface area contributed by atoms with Gasteiger partial charge in [0, 0.05) is 0 Å². The Kier molecular flexibility index (Phi) is 2.83. The van der Waals surface area contributed by atoms with Crippen LogP contribution in [0.3, 0.4) is 0 Å². The van der Waals surface area contributed by atoms with Crippen LogP contribution in [0.25, 0.3) is 0 Å². The van der Waals surface area contributed by atoms with Crippen molar-refractivity contribution in [2.24, 2.45) is 47.3 Å². The lowest BCUT2D eigenvalue weighted by molar-refractivity contribution is -0.171. The molecule has 0 saturated heterocycles. The van der Waals surface area contributed by atoms with E-state index in [1.165, 1.54) is 0 Å². The molecule has 0 radical (unpaired) electrons. The summed E-state index contributed by atoms with van der Waals surface area (Å²) in [5, 5.41) is 9.72. The van der Waals surface area contributed by atoms with E-state index in [-0.39, 0.29) is 17.8 Å². The first-order valence-electron chi connectivity index (χ1n) is 8.42. The molecule has 0 heterocycles. The highest BCUT2D eigenvalue weighted by atomic mass is 16.6. The molecular formula is C18H24O4. The molecule has 22 heavy (non-hydrogen) atoms. The van der Waals surface area contributed by atoms with Gasteiger partial charge in [-0.3, -0.25) is 9.59 Å². The molecule has 0 aliphatic heterocycles. The van der Waals surface area contributed by atoms with Crippen molar-refractivity contribution in [1.29, 1.82) is 0 Å². The molecule has 4 bridgehead atoms. The van der Waals surface area contributed by atoms with Gasteiger partial charge in [0.05, 0.1) is 11.8 Å². The van der Waals surface area contributed by atoms with Crippen LogP contribution in [-0.4, -0.2) is 22.6 Å². The second kappa shape index (κ2) is 4.36. The van der Waals surface area contributed by atoms with Crippen molar-refractivity contribution in [1.82, 2.24) is 0 Å². The van der Waals surface area contributed by atoms with Gasteiger partial charge >= 0.3 is 11.9 Å². The lowest BCUT2D eigenvalue weighted by atomic mass is 9.65. The molecule has 4 heteroatoms. The van der Waals surface area contributed by atoms with Crippen LogP contribution in [-0.2, 0) is 14.3 Å². The third-order valence-electron chi connectivity index (χ3n) is 6.39. The Labute approximate surface area is 130 Å². The molecule has 8 unspecified atom stereocenters. The number of fused-ring (bicyclic) bond motifs is 9. The number of carbonyl (C=O) groups excluding carboxylic acids is 1. The Hall–Kier alpha value is -1.32. The molecule has 0 aromatic heterocycles. The van der Waals surface area contributed by atoms with Crippen LogP contribution in [0.1, 0.15) is 33.6 Å². The maximum Gasteiger partial charge on any atom is 0.310 e. The molecule has 0 aromatic rings. The summed E-state index contributed by atoms with van der Waals surface area (Å²) in [6, 6.07) is 0. The van der Waals surface area contributed by atoms with Crippen LogP contribution in [0.5, 0.6) is 0 Å². The van der Waals surface area contributed by atoms with Crippen LogP contribution >= 0.6 is 0 Å². The summed E-state index contributed by atoms with van der Waals surface area (Å²) in [5.41, 5.74) is -0.560. The SMILES string of the molecule is CC(C)(C)OC(=O)C1C2CC(C1C(=O)O)C1C3C=CC(C3)C21. The summed E-state index contributed by atoms with van der Waals surface area (Å²) in [4.78, 5) is 24.5. The molecule has 0 spiro atoms. The first-order chi connectivity index (χ1) is 10.3. The van der Waals surface area contributed by atoms with Crippen molar-refractivity contribution in [3.63, 3.8) is 0 Å². The molecular weight excluding hydrogens is 280 g/mol. The molecule has 0 amide bonds. The monoisotopic (exact) mass is 304 g/mol. The third kappa shape index (κ3) is 1.82. The number of rotatable bonds is 2. The van der Waals surface area contributed by atoms with Gasteiger partial charge in [0.25, 0.3) is 0 Å². The summed E-state index contributed by atoms with van der Waals surface area (Å²) in [6.45, 7) is 5.53. The summed E-state index contributed by atoms with van der Waals surface area (Å²) in [7, 11) is 0. The van der Waals surface area contributed by atoms with Crippen LogP contribution in [0.2, 0.25) is 0 Å². The van der Waals surface area contributed by atoms with E-state index >= 15 is 0 Å². The lowest BCUT2D eigenvalue weighted by Crippen LogP contribution is -2.45. The van der Waals surface area contributed by atoms with E-state index < -0.39 is 23.4 Å². The van der Waals surface area contributed by atoms with Crippen molar-refractivity contribution >= 4 is 11.9 Å². The summed E-state index contributed by atoms with van der Waals surface area (Å²) in [5.74, 6) is 0.357. The highest BCUT2D eigenvalue weighted by Gasteiger charge is 2.68. The van der Waals surface area contributed by atoms with Crippen molar-refractivity contribution in [3.05, 3.63) is 12.2 Å². The minimum atomic E-state index is -0.812. The van der Waals surface area contributed by atoms with Crippen LogP contribution < -0.4 is 0 Å². The Morgan fingerprint density at radius 2 is 1.55 bits per heavy atom. The quantitative estimate of drug-likeness (QED) is 0.484. The first-order valence-corrected chi connectivity index (χ1v) is 8.42. The molecule has 4 aliphatic rings. The fraction of sp³-hybridized carbons (Fsp3) is 0.778. The van der Waals surface area contributed by atoms with Gasteiger partial charge in [-0.05, 0) is 69.1 Å². The predicted molar refractivity (Wildman–Crippen MR) is 79.8 cm³/mol. The third-order valence-corrected chi connectivity index (χ3v) is 6.39. The topological polar surface area (TPSA) is 63.6 Å². The van der Waals surface area contributed by atoms with Crippen molar-refractivity contribution in [3.8, 4) is 0 Å². The van der Waals surface area contributed by atoms with E-state index in [0.717, 1.165) is 12.8 Å². The maximum atomic E-state index is 12.7. The van der Waals surface area contributed by atoms with Crippen molar-refractivity contribution in [2.75, 3.05) is 0 Å². The number of hydrogen-bond donors (Lipinski definition) is 1.